The van der Waals surface area contributed by atoms with Gasteiger partial charge in [0.2, 0.25) is 0 Å². The number of aromatic nitrogens is 3. The molecule has 134 valence electrons. The lowest BCUT2D eigenvalue weighted by Gasteiger charge is -2.06. The van der Waals surface area contributed by atoms with Gasteiger partial charge in [-0.1, -0.05) is 6.07 Å². The van der Waals surface area contributed by atoms with Crippen molar-refractivity contribution in [2.45, 2.75) is 6.54 Å². The van der Waals surface area contributed by atoms with Crippen molar-refractivity contribution < 1.29 is 9.53 Å². The predicted octanol–water partition coefficient (Wildman–Crippen LogP) is 3.25. The molecule has 5 rings (SSSR count). The number of rotatable bonds is 3. The second-order valence-electron chi connectivity index (χ2n) is 6.52. The van der Waals surface area contributed by atoms with Crippen LogP contribution in [-0.4, -0.2) is 33.7 Å². The maximum absolute atomic E-state index is 12.3. The number of imidazole rings is 1. The zero-order valence-corrected chi connectivity index (χ0v) is 14.8. The minimum absolute atomic E-state index is 0.0402. The first-order chi connectivity index (χ1) is 13.2. The highest BCUT2D eigenvalue weighted by Crippen LogP contribution is 2.29. The number of nitrogens with one attached hydrogen (secondary N) is 1. The molecule has 0 unspecified atom stereocenters. The van der Waals surface area contributed by atoms with E-state index in [1.165, 1.54) is 0 Å². The molecule has 1 aliphatic heterocycles. The highest BCUT2D eigenvalue weighted by molar-refractivity contribution is 6.06. The molecule has 0 radical (unpaired) electrons. The molecule has 1 aliphatic rings. The SMILES string of the molecule is COc1ccc(-n2ccc(-c3nc4cccc5c4n3CCNC5=O)c2)cc1. The number of carbonyl (C=O) groups is 1. The third kappa shape index (κ3) is 2.49. The van der Waals surface area contributed by atoms with Crippen LogP contribution in [0.4, 0.5) is 0 Å². The number of ether oxygens (including phenoxy) is 1. The first-order valence-corrected chi connectivity index (χ1v) is 8.85. The Labute approximate surface area is 156 Å². The second kappa shape index (κ2) is 6.02. The molecule has 1 N–H and O–H groups in total. The van der Waals surface area contributed by atoms with Gasteiger partial charge >= 0.3 is 0 Å². The average molecular weight is 358 g/mol. The van der Waals surface area contributed by atoms with Crippen LogP contribution in [0.15, 0.2) is 60.9 Å². The van der Waals surface area contributed by atoms with Gasteiger partial charge in [-0.15, -0.1) is 0 Å². The highest BCUT2D eigenvalue weighted by Gasteiger charge is 2.22. The number of carbonyl (C=O) groups excluding carboxylic acids is 1. The van der Waals surface area contributed by atoms with Crippen LogP contribution in [0.1, 0.15) is 10.4 Å². The molecule has 0 fully saturated rings. The zero-order valence-electron chi connectivity index (χ0n) is 14.8. The molecule has 6 nitrogen and oxygen atoms in total. The van der Waals surface area contributed by atoms with Gasteiger partial charge < -0.3 is 19.2 Å². The van der Waals surface area contributed by atoms with Crippen molar-refractivity contribution in [2.24, 2.45) is 0 Å². The number of hydrogen-bond acceptors (Lipinski definition) is 3. The molecule has 2 aromatic heterocycles. The number of amides is 1. The molecule has 27 heavy (non-hydrogen) atoms. The van der Waals surface area contributed by atoms with Crippen LogP contribution >= 0.6 is 0 Å². The summed E-state index contributed by atoms with van der Waals surface area (Å²) in [6, 6.07) is 15.7. The maximum atomic E-state index is 12.3. The lowest BCUT2D eigenvalue weighted by atomic mass is 10.2. The topological polar surface area (TPSA) is 61.1 Å². The summed E-state index contributed by atoms with van der Waals surface area (Å²) in [5.41, 5.74) is 4.49. The third-order valence-electron chi connectivity index (χ3n) is 4.95. The molecule has 6 heteroatoms. The number of para-hydroxylation sites is 1. The molecule has 0 spiro atoms. The van der Waals surface area contributed by atoms with Crippen LogP contribution in [0.2, 0.25) is 0 Å². The molecule has 2 aromatic carbocycles. The number of nitrogens with zero attached hydrogens (tertiary/aromatic N) is 3. The summed E-state index contributed by atoms with van der Waals surface area (Å²) in [5, 5.41) is 2.95. The highest BCUT2D eigenvalue weighted by atomic mass is 16.5. The Balaban J connectivity index is 1.62. The number of methoxy groups -OCH3 is 1. The maximum Gasteiger partial charge on any atom is 0.253 e. The van der Waals surface area contributed by atoms with Crippen LogP contribution in [-0.2, 0) is 6.54 Å². The van der Waals surface area contributed by atoms with Crippen molar-refractivity contribution >= 4 is 16.9 Å². The first-order valence-electron chi connectivity index (χ1n) is 8.85. The van der Waals surface area contributed by atoms with E-state index in [1.807, 2.05) is 48.7 Å². The summed E-state index contributed by atoms with van der Waals surface area (Å²) in [6.07, 6.45) is 4.08. The van der Waals surface area contributed by atoms with Gasteiger partial charge in [0.15, 0.2) is 0 Å². The van der Waals surface area contributed by atoms with Gasteiger partial charge in [0.1, 0.15) is 11.6 Å². The summed E-state index contributed by atoms with van der Waals surface area (Å²) in [7, 11) is 1.66. The molecule has 0 bridgehead atoms. The van der Waals surface area contributed by atoms with Gasteiger partial charge in [-0.2, -0.15) is 0 Å². The average Bonchev–Trinajstić information content (AvgIpc) is 3.28. The Bertz CT molecular complexity index is 1150. The molecular weight excluding hydrogens is 340 g/mol. The van der Waals surface area contributed by atoms with Gasteiger partial charge in [-0.05, 0) is 42.5 Å². The van der Waals surface area contributed by atoms with E-state index in [1.54, 1.807) is 7.11 Å². The molecule has 0 aliphatic carbocycles. The van der Waals surface area contributed by atoms with Gasteiger partial charge in [0, 0.05) is 36.7 Å². The van der Waals surface area contributed by atoms with Crippen LogP contribution < -0.4 is 10.1 Å². The molecule has 3 heterocycles. The number of hydrogen-bond donors (Lipinski definition) is 1. The van der Waals surface area contributed by atoms with Gasteiger partial charge in [-0.3, -0.25) is 4.79 Å². The summed E-state index contributed by atoms with van der Waals surface area (Å²) < 4.78 is 9.42. The zero-order chi connectivity index (χ0) is 18.4. The van der Waals surface area contributed by atoms with E-state index in [9.17, 15) is 4.79 Å². The van der Waals surface area contributed by atoms with Crippen LogP contribution in [0.5, 0.6) is 5.75 Å². The lowest BCUT2D eigenvalue weighted by molar-refractivity contribution is 0.0956. The van der Waals surface area contributed by atoms with Crippen molar-refractivity contribution in [2.75, 3.05) is 13.7 Å². The van der Waals surface area contributed by atoms with Crippen molar-refractivity contribution in [1.82, 2.24) is 19.4 Å². The van der Waals surface area contributed by atoms with Crippen molar-refractivity contribution in [3.8, 4) is 22.8 Å². The van der Waals surface area contributed by atoms with E-state index in [0.717, 1.165) is 33.9 Å². The monoisotopic (exact) mass is 358 g/mol. The Kier molecular flexibility index (Phi) is 3.50. The summed E-state index contributed by atoms with van der Waals surface area (Å²) in [6.45, 7) is 1.29. The van der Waals surface area contributed by atoms with Crippen molar-refractivity contribution in [3.05, 3.63) is 66.5 Å². The van der Waals surface area contributed by atoms with Crippen molar-refractivity contribution in [1.29, 1.82) is 0 Å². The van der Waals surface area contributed by atoms with Crippen LogP contribution in [0.3, 0.4) is 0 Å². The fourth-order valence-electron chi connectivity index (χ4n) is 3.63. The largest absolute Gasteiger partial charge is 0.497 e. The Morgan fingerprint density at radius 2 is 1.96 bits per heavy atom. The van der Waals surface area contributed by atoms with E-state index in [-0.39, 0.29) is 5.91 Å². The lowest BCUT2D eigenvalue weighted by Crippen LogP contribution is -2.24. The summed E-state index contributed by atoms with van der Waals surface area (Å²) >= 11 is 0. The van der Waals surface area contributed by atoms with Crippen LogP contribution in [0, 0.1) is 0 Å². The first kappa shape index (κ1) is 15.7. The minimum Gasteiger partial charge on any atom is -0.497 e. The fraction of sp³-hybridized carbons (Fsp3) is 0.143. The Hall–Kier alpha value is -3.54. The van der Waals surface area contributed by atoms with Gasteiger partial charge in [0.25, 0.3) is 5.91 Å². The fourth-order valence-corrected chi connectivity index (χ4v) is 3.63. The standard InChI is InChI=1S/C21H18N4O2/c1-27-16-7-5-15(6-8-16)24-11-9-14(13-24)20-23-18-4-2-3-17-19(18)25(20)12-10-22-21(17)26/h2-9,11,13H,10,12H2,1H3,(H,22,26). The van der Waals surface area contributed by atoms with Crippen molar-refractivity contribution in [3.63, 3.8) is 0 Å². The smallest absolute Gasteiger partial charge is 0.253 e. The molecule has 0 saturated carbocycles. The van der Waals surface area contributed by atoms with E-state index in [0.29, 0.717) is 18.7 Å². The van der Waals surface area contributed by atoms with E-state index in [2.05, 4.69) is 26.7 Å². The quantitative estimate of drug-likeness (QED) is 0.612. The van der Waals surface area contributed by atoms with Crippen LogP contribution in [0.25, 0.3) is 28.1 Å². The van der Waals surface area contributed by atoms with E-state index >= 15 is 0 Å². The molecular formula is C21H18N4O2. The predicted molar refractivity (Wildman–Crippen MR) is 103 cm³/mol. The van der Waals surface area contributed by atoms with E-state index < -0.39 is 0 Å². The minimum atomic E-state index is -0.0402. The number of benzene rings is 2. The Morgan fingerprint density at radius 3 is 2.78 bits per heavy atom. The van der Waals surface area contributed by atoms with Gasteiger partial charge in [-0.25, -0.2) is 4.98 Å². The molecule has 1 amide bonds. The molecule has 0 saturated heterocycles. The van der Waals surface area contributed by atoms with E-state index in [4.69, 9.17) is 9.72 Å². The molecule has 4 aromatic rings. The summed E-state index contributed by atoms with van der Waals surface area (Å²) in [4.78, 5) is 17.1. The molecule has 0 atom stereocenters. The normalized spacial score (nSPS) is 13.4. The van der Waals surface area contributed by atoms with Gasteiger partial charge in [0.05, 0.1) is 23.7 Å². The Morgan fingerprint density at radius 1 is 1.11 bits per heavy atom. The summed E-state index contributed by atoms with van der Waals surface area (Å²) in [5.74, 6) is 1.67. The second-order valence-corrected chi connectivity index (χ2v) is 6.52. The third-order valence-corrected chi connectivity index (χ3v) is 4.95.